The number of hydrogen-bond donors (Lipinski definition) is 1. The molecule has 1 N–H and O–H groups in total. The van der Waals surface area contributed by atoms with Crippen LogP contribution < -0.4 is 5.43 Å². The molecule has 156 valence electrons. The summed E-state index contributed by atoms with van der Waals surface area (Å²) in [4.78, 5) is 17.8. The Balaban J connectivity index is 1.75. The van der Waals surface area contributed by atoms with Crippen molar-refractivity contribution in [1.82, 2.24) is 19.3 Å². The van der Waals surface area contributed by atoms with Crippen LogP contribution >= 0.6 is 11.8 Å². The van der Waals surface area contributed by atoms with E-state index in [9.17, 15) is 9.90 Å². The van der Waals surface area contributed by atoms with Crippen LogP contribution in [0, 0.1) is 6.92 Å². The van der Waals surface area contributed by atoms with Crippen molar-refractivity contribution in [2.45, 2.75) is 30.3 Å². The lowest BCUT2D eigenvalue weighted by Gasteiger charge is -2.35. The molecule has 0 radical (unpaired) electrons. The molecule has 0 amide bonds. The Morgan fingerprint density at radius 1 is 1.16 bits per heavy atom. The van der Waals surface area contributed by atoms with Gasteiger partial charge in [0.25, 0.3) is 0 Å². The van der Waals surface area contributed by atoms with Crippen molar-refractivity contribution >= 4 is 11.8 Å². The minimum Gasteiger partial charge on any atom is -0.503 e. The quantitative estimate of drug-likeness (QED) is 0.491. The maximum atomic E-state index is 12.2. The van der Waals surface area contributed by atoms with E-state index >= 15 is 0 Å². The average molecular weight is 431 g/mol. The summed E-state index contributed by atoms with van der Waals surface area (Å²) in [6, 6.07) is 16.9. The van der Waals surface area contributed by atoms with Gasteiger partial charge in [-0.15, -0.1) is 11.8 Å². The SMILES string of the molecule is CSc1cccc([C@H](c2ccc(C)cc2)[C@H]2Cn3ccnc3-c3c(O)c(=O)cnn32)c1. The average Bonchev–Trinajstić information content (AvgIpc) is 3.26. The molecule has 3 heterocycles. The molecule has 0 spiro atoms. The summed E-state index contributed by atoms with van der Waals surface area (Å²) in [5.74, 6) is 0.212. The normalized spacial score (nSPS) is 15.9. The lowest BCUT2D eigenvalue weighted by Crippen LogP contribution is -2.32. The van der Waals surface area contributed by atoms with Crippen molar-refractivity contribution in [3.05, 3.63) is 94.0 Å². The van der Waals surface area contributed by atoms with Crippen LogP contribution in [0.3, 0.4) is 0 Å². The van der Waals surface area contributed by atoms with Crippen molar-refractivity contribution in [2.75, 3.05) is 6.26 Å². The van der Waals surface area contributed by atoms with Crippen LogP contribution in [-0.2, 0) is 6.54 Å². The first-order valence-electron chi connectivity index (χ1n) is 10.1. The van der Waals surface area contributed by atoms with E-state index in [1.807, 2.05) is 10.8 Å². The maximum absolute atomic E-state index is 12.2. The highest BCUT2D eigenvalue weighted by molar-refractivity contribution is 7.98. The van der Waals surface area contributed by atoms with Gasteiger partial charge in [0.1, 0.15) is 5.69 Å². The van der Waals surface area contributed by atoms with E-state index in [-0.39, 0.29) is 17.7 Å². The molecule has 0 saturated carbocycles. The van der Waals surface area contributed by atoms with Crippen molar-refractivity contribution < 1.29 is 5.11 Å². The Morgan fingerprint density at radius 2 is 1.97 bits per heavy atom. The third kappa shape index (κ3) is 3.35. The molecule has 6 nitrogen and oxygen atoms in total. The third-order valence-electron chi connectivity index (χ3n) is 5.89. The Labute approximate surface area is 184 Å². The second kappa shape index (κ2) is 7.74. The first kappa shape index (κ1) is 19.6. The molecule has 2 aromatic heterocycles. The van der Waals surface area contributed by atoms with E-state index in [0.29, 0.717) is 18.1 Å². The molecule has 31 heavy (non-hydrogen) atoms. The molecular weight excluding hydrogens is 408 g/mol. The predicted molar refractivity (Wildman–Crippen MR) is 122 cm³/mol. The van der Waals surface area contributed by atoms with E-state index in [1.54, 1.807) is 22.6 Å². The smallest absolute Gasteiger partial charge is 0.242 e. The number of nitrogens with zero attached hydrogens (tertiary/aromatic N) is 4. The summed E-state index contributed by atoms with van der Waals surface area (Å²) in [5.41, 5.74) is 3.38. The van der Waals surface area contributed by atoms with Gasteiger partial charge in [-0.1, -0.05) is 42.0 Å². The number of hydrogen-bond acceptors (Lipinski definition) is 5. The van der Waals surface area contributed by atoms with Gasteiger partial charge >= 0.3 is 0 Å². The number of benzene rings is 2. The number of fused-ring (bicyclic) bond motifs is 3. The topological polar surface area (TPSA) is 72.9 Å². The fourth-order valence-corrected chi connectivity index (χ4v) is 4.83. The largest absolute Gasteiger partial charge is 0.503 e. The number of aromatic hydroxyl groups is 1. The minimum absolute atomic E-state index is 0.0311. The van der Waals surface area contributed by atoms with E-state index < -0.39 is 5.43 Å². The van der Waals surface area contributed by atoms with E-state index in [1.165, 1.54) is 16.7 Å². The monoisotopic (exact) mass is 430 g/mol. The van der Waals surface area contributed by atoms with Gasteiger partial charge in [-0.2, -0.15) is 5.10 Å². The molecule has 1 aliphatic rings. The minimum atomic E-state index is -0.502. The van der Waals surface area contributed by atoms with Gasteiger partial charge in [0, 0.05) is 29.8 Å². The van der Waals surface area contributed by atoms with E-state index in [0.717, 1.165) is 11.1 Å². The van der Waals surface area contributed by atoms with Gasteiger partial charge in [0.15, 0.2) is 11.6 Å². The summed E-state index contributed by atoms with van der Waals surface area (Å²) in [7, 11) is 0. The second-order valence-corrected chi connectivity index (χ2v) is 8.67. The molecule has 5 rings (SSSR count). The molecule has 7 heteroatoms. The van der Waals surface area contributed by atoms with Gasteiger partial charge in [-0.05, 0) is 36.4 Å². The fraction of sp³-hybridized carbons (Fsp3) is 0.208. The van der Waals surface area contributed by atoms with Gasteiger partial charge in [0.05, 0.1) is 12.2 Å². The molecule has 2 atom stereocenters. The molecule has 2 aromatic carbocycles. The Morgan fingerprint density at radius 3 is 2.74 bits per heavy atom. The van der Waals surface area contributed by atoms with Gasteiger partial charge in [-0.3, -0.25) is 9.48 Å². The molecule has 0 unspecified atom stereocenters. The lowest BCUT2D eigenvalue weighted by atomic mass is 9.84. The first-order valence-corrected chi connectivity index (χ1v) is 11.3. The molecule has 0 aliphatic carbocycles. The van der Waals surface area contributed by atoms with Crippen molar-refractivity contribution in [2.24, 2.45) is 0 Å². The zero-order chi connectivity index (χ0) is 21.5. The summed E-state index contributed by atoms with van der Waals surface area (Å²) in [6.45, 7) is 2.70. The Kier molecular flexibility index (Phi) is 4.90. The maximum Gasteiger partial charge on any atom is 0.242 e. The summed E-state index contributed by atoms with van der Waals surface area (Å²) >= 11 is 1.71. The number of rotatable bonds is 4. The van der Waals surface area contributed by atoms with Crippen molar-refractivity contribution in [3.8, 4) is 17.3 Å². The van der Waals surface area contributed by atoms with Crippen molar-refractivity contribution in [3.63, 3.8) is 0 Å². The van der Waals surface area contributed by atoms with Crippen molar-refractivity contribution in [1.29, 1.82) is 0 Å². The van der Waals surface area contributed by atoms with Crippen LogP contribution in [0.2, 0.25) is 0 Å². The van der Waals surface area contributed by atoms with Crippen LogP contribution in [0.15, 0.2) is 76.8 Å². The molecule has 0 fully saturated rings. The summed E-state index contributed by atoms with van der Waals surface area (Å²) < 4.78 is 3.76. The Bertz CT molecular complexity index is 1310. The zero-order valence-electron chi connectivity index (χ0n) is 17.3. The Hall–Kier alpha value is -3.32. The standard InChI is InChI=1S/C24H22N4O2S/c1-15-6-8-16(9-7-15)21(17-4-3-5-18(12-17)31-2)19-14-27-11-10-25-24(27)22-23(30)20(29)13-26-28(19)22/h3-13,19,21,30H,14H2,1-2H3/t19-,21+/m1/s1. The van der Waals surface area contributed by atoms with Crippen LogP contribution in [-0.4, -0.2) is 30.7 Å². The second-order valence-electron chi connectivity index (χ2n) is 7.79. The van der Waals surface area contributed by atoms with Crippen LogP contribution in [0.25, 0.3) is 11.5 Å². The third-order valence-corrected chi connectivity index (χ3v) is 6.61. The fourth-order valence-electron chi connectivity index (χ4n) is 4.36. The molecule has 4 aromatic rings. The molecule has 0 bridgehead atoms. The number of aryl methyl sites for hydroxylation is 1. The molecule has 1 aliphatic heterocycles. The highest BCUT2D eigenvalue weighted by Gasteiger charge is 2.35. The van der Waals surface area contributed by atoms with E-state index in [2.05, 4.69) is 71.8 Å². The van der Waals surface area contributed by atoms with E-state index in [4.69, 9.17) is 0 Å². The summed E-state index contributed by atoms with van der Waals surface area (Å²) in [6.07, 6.45) is 6.83. The van der Waals surface area contributed by atoms with Gasteiger partial charge in [0.2, 0.25) is 5.43 Å². The highest BCUT2D eigenvalue weighted by Crippen LogP contribution is 2.42. The van der Waals surface area contributed by atoms with Crippen LogP contribution in [0.1, 0.15) is 28.7 Å². The number of aromatic nitrogens is 4. The number of imidazole rings is 1. The van der Waals surface area contributed by atoms with Crippen LogP contribution in [0.4, 0.5) is 0 Å². The van der Waals surface area contributed by atoms with Gasteiger partial charge in [-0.25, -0.2) is 4.98 Å². The van der Waals surface area contributed by atoms with Crippen LogP contribution in [0.5, 0.6) is 5.75 Å². The molecular formula is C24H22N4O2S. The number of thioether (sulfide) groups is 1. The first-order chi connectivity index (χ1) is 15.1. The lowest BCUT2D eigenvalue weighted by molar-refractivity contribution is 0.331. The highest BCUT2D eigenvalue weighted by atomic mass is 32.2. The van der Waals surface area contributed by atoms with Gasteiger partial charge < -0.3 is 9.67 Å². The molecule has 0 saturated heterocycles. The summed E-state index contributed by atoms with van der Waals surface area (Å²) in [5, 5.41) is 15.1. The predicted octanol–water partition coefficient (Wildman–Crippen LogP) is 4.23. The zero-order valence-corrected chi connectivity index (χ0v) is 18.1.